The summed E-state index contributed by atoms with van der Waals surface area (Å²) in [6, 6.07) is 14.3. The molecule has 0 amide bonds. The number of aromatic nitrogens is 4. The summed E-state index contributed by atoms with van der Waals surface area (Å²) in [5, 5.41) is 8.17. The average molecular weight is 404 g/mol. The minimum Gasteiger partial charge on any atom is -0.363 e. The van der Waals surface area contributed by atoms with Crippen LogP contribution in [0.25, 0.3) is 28.0 Å². The fourth-order valence-electron chi connectivity index (χ4n) is 3.42. The number of hydrogen-bond donors (Lipinski definition) is 1. The van der Waals surface area contributed by atoms with Gasteiger partial charge >= 0.3 is 0 Å². The summed E-state index contributed by atoms with van der Waals surface area (Å²) in [7, 11) is 3.96. The molecule has 3 aromatic heterocycles. The van der Waals surface area contributed by atoms with E-state index in [1.54, 1.807) is 18.3 Å². The maximum atomic E-state index is 13.5. The van der Waals surface area contributed by atoms with Gasteiger partial charge in [-0.25, -0.2) is 18.9 Å². The lowest BCUT2D eigenvalue weighted by atomic mass is 10.0. The molecule has 0 aliphatic carbocycles. The molecule has 0 fully saturated rings. The van der Waals surface area contributed by atoms with Crippen LogP contribution < -0.4 is 10.2 Å². The molecule has 3 heterocycles. The zero-order chi connectivity index (χ0) is 21.1. The molecule has 1 N–H and O–H groups in total. The van der Waals surface area contributed by atoms with Crippen molar-refractivity contribution in [3.63, 3.8) is 0 Å². The standard InChI is InChI=1S/C23H25FN6/c1-4-5-14-25-23-26-15-13-18(27-23)21-19-7-6-8-20(29(2)3)30(19)28-22(21)16-9-11-17(24)12-10-16/h6-13,15H,4-5,14H2,1-3H3,(H,25,26,27). The molecule has 1 aromatic carbocycles. The van der Waals surface area contributed by atoms with Gasteiger partial charge in [0.25, 0.3) is 0 Å². The summed E-state index contributed by atoms with van der Waals surface area (Å²) < 4.78 is 15.4. The molecule has 4 rings (SSSR count). The third-order valence-electron chi connectivity index (χ3n) is 4.94. The first-order chi connectivity index (χ1) is 14.6. The number of benzene rings is 1. The van der Waals surface area contributed by atoms with Crippen molar-refractivity contribution in [3.8, 4) is 22.5 Å². The van der Waals surface area contributed by atoms with Crippen LogP contribution >= 0.6 is 0 Å². The second-order valence-electron chi connectivity index (χ2n) is 7.35. The summed E-state index contributed by atoms with van der Waals surface area (Å²) in [6.45, 7) is 2.97. The number of halogens is 1. The number of rotatable bonds is 7. The number of unbranched alkanes of at least 4 members (excludes halogenated alkanes) is 1. The molecule has 0 atom stereocenters. The fraction of sp³-hybridized carbons (Fsp3) is 0.261. The Labute approximate surface area is 175 Å². The van der Waals surface area contributed by atoms with E-state index in [4.69, 9.17) is 10.1 Å². The molecule has 0 saturated heterocycles. The molecule has 4 aromatic rings. The molecular formula is C23H25FN6. The Morgan fingerprint density at radius 2 is 1.87 bits per heavy atom. The van der Waals surface area contributed by atoms with E-state index in [-0.39, 0.29) is 5.82 Å². The molecule has 0 radical (unpaired) electrons. The second-order valence-corrected chi connectivity index (χ2v) is 7.35. The molecule has 0 saturated carbocycles. The van der Waals surface area contributed by atoms with Crippen LogP contribution in [-0.4, -0.2) is 40.2 Å². The van der Waals surface area contributed by atoms with Crippen LogP contribution in [0.3, 0.4) is 0 Å². The highest BCUT2D eigenvalue weighted by atomic mass is 19.1. The van der Waals surface area contributed by atoms with E-state index in [1.807, 2.05) is 47.8 Å². The van der Waals surface area contributed by atoms with Crippen LogP contribution in [0.4, 0.5) is 16.2 Å². The number of nitrogens with one attached hydrogen (secondary N) is 1. The molecule has 0 spiro atoms. The topological polar surface area (TPSA) is 58.4 Å². The van der Waals surface area contributed by atoms with Crippen LogP contribution in [0.2, 0.25) is 0 Å². The van der Waals surface area contributed by atoms with Gasteiger partial charge in [0.1, 0.15) is 17.3 Å². The maximum absolute atomic E-state index is 13.5. The van der Waals surface area contributed by atoms with Crippen molar-refractivity contribution < 1.29 is 4.39 Å². The van der Waals surface area contributed by atoms with Crippen molar-refractivity contribution in [1.29, 1.82) is 0 Å². The Morgan fingerprint density at radius 1 is 1.07 bits per heavy atom. The molecule has 0 bridgehead atoms. The summed E-state index contributed by atoms with van der Waals surface area (Å²) in [5.41, 5.74) is 4.18. The van der Waals surface area contributed by atoms with Crippen LogP contribution in [0, 0.1) is 5.82 Å². The Hall–Kier alpha value is -3.48. The molecule has 0 aliphatic rings. The van der Waals surface area contributed by atoms with Gasteiger partial charge in [0.15, 0.2) is 0 Å². The Morgan fingerprint density at radius 3 is 2.60 bits per heavy atom. The van der Waals surface area contributed by atoms with Crippen LogP contribution in [0.5, 0.6) is 0 Å². The smallest absolute Gasteiger partial charge is 0.223 e. The van der Waals surface area contributed by atoms with Crippen LogP contribution in [-0.2, 0) is 0 Å². The molecule has 6 nitrogen and oxygen atoms in total. The minimum absolute atomic E-state index is 0.275. The highest BCUT2D eigenvalue weighted by molar-refractivity contribution is 5.91. The second kappa shape index (κ2) is 8.49. The van der Waals surface area contributed by atoms with E-state index < -0.39 is 0 Å². The van der Waals surface area contributed by atoms with E-state index in [9.17, 15) is 4.39 Å². The summed E-state index contributed by atoms with van der Waals surface area (Å²) >= 11 is 0. The first-order valence-corrected chi connectivity index (χ1v) is 10.1. The van der Waals surface area contributed by atoms with Crippen molar-refractivity contribution in [2.75, 3.05) is 30.9 Å². The molecule has 154 valence electrons. The number of nitrogens with zero attached hydrogens (tertiary/aromatic N) is 5. The highest BCUT2D eigenvalue weighted by Gasteiger charge is 2.20. The average Bonchev–Trinajstić information content (AvgIpc) is 3.14. The van der Waals surface area contributed by atoms with Gasteiger partial charge in [0.2, 0.25) is 5.95 Å². The maximum Gasteiger partial charge on any atom is 0.223 e. The van der Waals surface area contributed by atoms with Gasteiger partial charge < -0.3 is 10.2 Å². The van der Waals surface area contributed by atoms with Crippen molar-refractivity contribution in [2.45, 2.75) is 19.8 Å². The number of hydrogen-bond acceptors (Lipinski definition) is 5. The number of pyridine rings is 1. The molecule has 0 aliphatic heterocycles. The molecule has 30 heavy (non-hydrogen) atoms. The van der Waals surface area contributed by atoms with Crippen molar-refractivity contribution in [2.24, 2.45) is 0 Å². The Kier molecular flexibility index (Phi) is 5.61. The van der Waals surface area contributed by atoms with Crippen LogP contribution in [0.15, 0.2) is 54.7 Å². The highest BCUT2D eigenvalue weighted by Crippen LogP contribution is 2.36. The normalized spacial score (nSPS) is 11.1. The van der Waals surface area contributed by atoms with Gasteiger partial charge in [-0.15, -0.1) is 0 Å². The van der Waals surface area contributed by atoms with Gasteiger partial charge in [0, 0.05) is 32.4 Å². The third-order valence-corrected chi connectivity index (χ3v) is 4.94. The van der Waals surface area contributed by atoms with Crippen molar-refractivity contribution >= 4 is 17.3 Å². The van der Waals surface area contributed by atoms with Crippen LogP contribution in [0.1, 0.15) is 19.8 Å². The van der Waals surface area contributed by atoms with Gasteiger partial charge in [-0.2, -0.15) is 5.10 Å². The van der Waals surface area contributed by atoms with Crippen molar-refractivity contribution in [1.82, 2.24) is 19.6 Å². The largest absolute Gasteiger partial charge is 0.363 e. The van der Waals surface area contributed by atoms with Gasteiger partial charge in [-0.3, -0.25) is 0 Å². The predicted octanol–water partition coefficient (Wildman–Crippen LogP) is 4.88. The number of anilines is 2. The first kappa shape index (κ1) is 19.8. The molecule has 0 unspecified atom stereocenters. The Balaban J connectivity index is 1.91. The number of fused-ring (bicyclic) bond motifs is 1. The lowest BCUT2D eigenvalue weighted by molar-refractivity contribution is 0.628. The first-order valence-electron chi connectivity index (χ1n) is 10.1. The quantitative estimate of drug-likeness (QED) is 0.445. The SMILES string of the molecule is CCCCNc1nccc(-c2c(-c3ccc(F)cc3)nn3c(N(C)C)cccc23)n1. The lowest BCUT2D eigenvalue weighted by Crippen LogP contribution is -2.13. The summed E-state index contributed by atoms with van der Waals surface area (Å²) in [5.74, 6) is 1.26. The monoisotopic (exact) mass is 404 g/mol. The van der Waals surface area contributed by atoms with Gasteiger partial charge in [-0.1, -0.05) is 19.4 Å². The third kappa shape index (κ3) is 3.83. The minimum atomic E-state index is -0.275. The Bertz CT molecular complexity index is 1150. The zero-order valence-electron chi connectivity index (χ0n) is 17.4. The van der Waals surface area contributed by atoms with Crippen molar-refractivity contribution in [3.05, 3.63) is 60.5 Å². The molecule has 7 heteroatoms. The van der Waals surface area contributed by atoms with E-state index in [0.29, 0.717) is 5.95 Å². The summed E-state index contributed by atoms with van der Waals surface area (Å²) in [6.07, 6.45) is 3.91. The molecular weight excluding hydrogens is 379 g/mol. The van der Waals surface area contributed by atoms with Gasteiger partial charge in [-0.05, 0) is 48.9 Å². The van der Waals surface area contributed by atoms with E-state index in [2.05, 4.69) is 17.2 Å². The van der Waals surface area contributed by atoms with Gasteiger partial charge in [0.05, 0.1) is 16.8 Å². The van der Waals surface area contributed by atoms with E-state index in [0.717, 1.165) is 53.2 Å². The zero-order valence-corrected chi connectivity index (χ0v) is 17.4. The summed E-state index contributed by atoms with van der Waals surface area (Å²) in [4.78, 5) is 11.1. The predicted molar refractivity (Wildman–Crippen MR) is 119 cm³/mol. The van der Waals surface area contributed by atoms with E-state index >= 15 is 0 Å². The fourth-order valence-corrected chi connectivity index (χ4v) is 3.42. The lowest BCUT2D eigenvalue weighted by Gasteiger charge is -2.13. The van der Waals surface area contributed by atoms with E-state index in [1.165, 1.54) is 12.1 Å².